The van der Waals surface area contributed by atoms with Gasteiger partial charge < -0.3 is 19.3 Å². The average Bonchev–Trinajstić information content (AvgIpc) is 3.23. The van der Waals surface area contributed by atoms with Crippen molar-refractivity contribution in [1.82, 2.24) is 10.1 Å². The summed E-state index contributed by atoms with van der Waals surface area (Å²) in [5.74, 6) is -1.81. The fourth-order valence-electron chi connectivity index (χ4n) is 6.18. The number of rotatable bonds is 6. The van der Waals surface area contributed by atoms with Crippen LogP contribution >= 0.6 is 34.5 Å². The minimum atomic E-state index is -1.76. The summed E-state index contributed by atoms with van der Waals surface area (Å²) in [6.45, 7) is 1.87. The first-order chi connectivity index (χ1) is 19.6. The second-order valence-corrected chi connectivity index (χ2v) is 12.9. The number of aromatic carboxylic acids is 1. The maximum absolute atomic E-state index is 15.3. The molecule has 1 unspecified atom stereocenters. The first kappa shape index (κ1) is 26.7. The predicted octanol–water partition coefficient (Wildman–Crippen LogP) is 7.58. The first-order valence-corrected chi connectivity index (χ1v) is 15.0. The Morgan fingerprint density at radius 2 is 1.85 bits per heavy atom. The molecule has 1 aliphatic carbocycles. The number of halogens is 3. The molecule has 41 heavy (non-hydrogen) atoms. The fourth-order valence-corrected chi connectivity index (χ4v) is 7.98. The molecular weight excluding hydrogens is 592 g/mol. The van der Waals surface area contributed by atoms with Crippen LogP contribution in [0.5, 0.6) is 0 Å². The van der Waals surface area contributed by atoms with Gasteiger partial charge in [0.15, 0.2) is 16.6 Å². The van der Waals surface area contributed by atoms with E-state index in [1.54, 1.807) is 30.3 Å². The Morgan fingerprint density at radius 1 is 1.17 bits per heavy atom. The van der Waals surface area contributed by atoms with Gasteiger partial charge in [0.25, 0.3) is 0 Å². The number of benzene rings is 2. The summed E-state index contributed by atoms with van der Waals surface area (Å²) < 4.78 is 27.5. The van der Waals surface area contributed by atoms with E-state index in [0.717, 1.165) is 33.8 Å². The number of piperidine rings is 1. The lowest BCUT2D eigenvalue weighted by Crippen LogP contribution is -2.46. The molecule has 2 bridgehead atoms. The van der Waals surface area contributed by atoms with Crippen LogP contribution in [-0.4, -0.2) is 45.4 Å². The number of aryl methyl sites for hydroxylation is 1. The second-order valence-electron chi connectivity index (χ2n) is 11.0. The largest absolute Gasteiger partial charge is 0.478 e. The van der Waals surface area contributed by atoms with Gasteiger partial charge in [0.1, 0.15) is 17.4 Å². The van der Waals surface area contributed by atoms with Crippen molar-refractivity contribution in [3.8, 4) is 11.3 Å². The molecule has 8 nitrogen and oxygen atoms in total. The number of alkyl halides is 1. The number of aromatic nitrogens is 2. The Morgan fingerprint density at radius 3 is 2.49 bits per heavy atom. The minimum Gasteiger partial charge on any atom is -0.478 e. The summed E-state index contributed by atoms with van der Waals surface area (Å²) in [6.07, 6.45) is 3.08. The topological polar surface area (TPSA) is 106 Å². The first-order valence-electron chi connectivity index (χ1n) is 13.4. The van der Waals surface area contributed by atoms with E-state index in [4.69, 9.17) is 37.4 Å². The summed E-state index contributed by atoms with van der Waals surface area (Å²) in [5, 5.41) is 14.9. The number of carbonyl (C=O) groups is 2. The third-order valence-electron chi connectivity index (χ3n) is 8.30. The SMILES string of the molecule is Cc1cc(C(=O)O)cc2sc(N3[C@@H]4CC[C@H]3CC(OC(=O)c3c(-c5c(Cl)cccc5Cl)noc3C3(F)CC3)C4)nc12. The maximum atomic E-state index is 15.3. The van der Waals surface area contributed by atoms with Crippen molar-refractivity contribution in [3.05, 3.63) is 62.8 Å². The molecule has 2 saturated heterocycles. The molecule has 0 amide bonds. The molecule has 0 spiro atoms. The van der Waals surface area contributed by atoms with Crippen LogP contribution in [0.25, 0.3) is 21.5 Å². The number of carboxylic acid groups (broad SMARTS) is 1. The van der Waals surface area contributed by atoms with Gasteiger partial charge in [0.05, 0.1) is 25.8 Å². The number of carboxylic acids is 1. The monoisotopic (exact) mass is 615 g/mol. The van der Waals surface area contributed by atoms with Crippen molar-refractivity contribution in [2.24, 2.45) is 0 Å². The van der Waals surface area contributed by atoms with Gasteiger partial charge in [-0.05, 0) is 62.4 Å². The van der Waals surface area contributed by atoms with E-state index in [1.807, 2.05) is 6.92 Å². The third kappa shape index (κ3) is 4.47. The highest BCUT2D eigenvalue weighted by Gasteiger charge is 2.53. The number of esters is 1. The lowest BCUT2D eigenvalue weighted by molar-refractivity contribution is 0.0198. The van der Waals surface area contributed by atoms with E-state index in [-0.39, 0.29) is 57.6 Å². The summed E-state index contributed by atoms with van der Waals surface area (Å²) >= 11 is 14.3. The van der Waals surface area contributed by atoms with Crippen molar-refractivity contribution in [2.45, 2.75) is 69.3 Å². The molecule has 2 aromatic carbocycles. The number of fused-ring (bicyclic) bond motifs is 3. The summed E-state index contributed by atoms with van der Waals surface area (Å²) in [7, 11) is 0. The molecule has 12 heteroatoms. The van der Waals surface area contributed by atoms with Crippen molar-refractivity contribution in [3.63, 3.8) is 0 Å². The molecule has 3 fully saturated rings. The molecule has 3 atom stereocenters. The van der Waals surface area contributed by atoms with E-state index in [9.17, 15) is 14.7 Å². The van der Waals surface area contributed by atoms with E-state index < -0.39 is 23.7 Å². The number of carbonyl (C=O) groups excluding carboxylic acids is 1. The van der Waals surface area contributed by atoms with Crippen LogP contribution in [0.3, 0.4) is 0 Å². The highest BCUT2D eigenvalue weighted by atomic mass is 35.5. The number of anilines is 1. The molecule has 2 aromatic heterocycles. The van der Waals surface area contributed by atoms with E-state index >= 15 is 4.39 Å². The quantitative estimate of drug-likeness (QED) is 0.221. The Bertz CT molecular complexity index is 1700. The fraction of sp³-hybridized carbons (Fsp3) is 0.379. The Balaban J connectivity index is 1.15. The molecule has 4 heterocycles. The molecule has 2 aliphatic heterocycles. The number of nitrogens with zero attached hydrogens (tertiary/aromatic N) is 3. The van der Waals surface area contributed by atoms with Gasteiger partial charge in [0, 0.05) is 30.5 Å². The van der Waals surface area contributed by atoms with Crippen LogP contribution in [0.2, 0.25) is 10.0 Å². The maximum Gasteiger partial charge on any atom is 0.344 e. The predicted molar refractivity (Wildman–Crippen MR) is 153 cm³/mol. The number of hydrogen-bond donors (Lipinski definition) is 1. The lowest BCUT2D eigenvalue weighted by Gasteiger charge is -2.38. The van der Waals surface area contributed by atoms with Crippen molar-refractivity contribution >= 4 is 61.8 Å². The summed E-state index contributed by atoms with van der Waals surface area (Å²) in [5.41, 5.74) is 0.412. The van der Waals surface area contributed by atoms with Crippen molar-refractivity contribution in [1.29, 1.82) is 0 Å². The van der Waals surface area contributed by atoms with Crippen LogP contribution < -0.4 is 4.90 Å². The minimum absolute atomic E-state index is 0.0642. The van der Waals surface area contributed by atoms with Gasteiger partial charge in [-0.2, -0.15) is 0 Å². The highest BCUT2D eigenvalue weighted by Crippen LogP contribution is 2.53. The van der Waals surface area contributed by atoms with Gasteiger partial charge in [0.2, 0.25) is 0 Å². The Kier molecular flexibility index (Phi) is 6.29. The van der Waals surface area contributed by atoms with Gasteiger partial charge in [-0.1, -0.05) is 45.8 Å². The van der Waals surface area contributed by atoms with Crippen LogP contribution in [-0.2, 0) is 10.4 Å². The van der Waals surface area contributed by atoms with Crippen molar-refractivity contribution < 1.29 is 28.3 Å². The van der Waals surface area contributed by atoms with Crippen LogP contribution in [0, 0.1) is 6.92 Å². The smallest absolute Gasteiger partial charge is 0.344 e. The summed E-state index contributed by atoms with van der Waals surface area (Å²) in [6, 6.07) is 8.41. The normalized spacial score (nSPS) is 22.7. The molecule has 0 radical (unpaired) electrons. The average molecular weight is 616 g/mol. The van der Waals surface area contributed by atoms with E-state index in [0.29, 0.717) is 18.4 Å². The number of hydrogen-bond acceptors (Lipinski definition) is 8. The molecule has 4 aromatic rings. The second kappa shape index (κ2) is 9.68. The Hall–Kier alpha value is -3.21. The molecule has 1 N–H and O–H groups in total. The zero-order valence-electron chi connectivity index (χ0n) is 21.8. The molecule has 1 saturated carbocycles. The number of thiazole rings is 1. The van der Waals surface area contributed by atoms with Gasteiger partial charge >= 0.3 is 11.9 Å². The van der Waals surface area contributed by atoms with E-state index in [1.165, 1.54) is 11.3 Å². The molecular formula is C29H24Cl2FN3O5S. The van der Waals surface area contributed by atoms with Gasteiger partial charge in [-0.3, -0.25) is 0 Å². The summed E-state index contributed by atoms with van der Waals surface area (Å²) in [4.78, 5) is 32.4. The van der Waals surface area contributed by atoms with Crippen molar-refractivity contribution in [2.75, 3.05) is 4.90 Å². The van der Waals surface area contributed by atoms with Gasteiger partial charge in [-0.25, -0.2) is 19.0 Å². The highest BCUT2D eigenvalue weighted by molar-refractivity contribution is 7.22. The van der Waals surface area contributed by atoms with Crippen LogP contribution in [0.4, 0.5) is 9.52 Å². The number of ether oxygens (including phenoxy) is 1. The van der Waals surface area contributed by atoms with Crippen LogP contribution in [0.15, 0.2) is 34.9 Å². The molecule has 212 valence electrons. The lowest BCUT2D eigenvalue weighted by atomic mass is 9.99. The van der Waals surface area contributed by atoms with Crippen LogP contribution in [0.1, 0.15) is 70.6 Å². The standard InChI is InChI=1S/C29H24Cl2FN3O5S/c1-13-9-14(26(36)37)10-20-23(13)33-28(41-20)35-15-5-6-16(35)12-17(11-15)39-27(38)22-24(21-18(30)3-2-4-19(21)31)34-40-25(22)29(32)7-8-29/h2-4,9-10,15-17H,5-8,11-12H2,1H3,(H,36,37)/t15-,16+,17?. The molecule has 3 aliphatic rings. The molecule has 7 rings (SSSR count). The van der Waals surface area contributed by atoms with E-state index in [2.05, 4.69) is 10.1 Å². The Labute approximate surface area is 248 Å². The third-order valence-corrected chi connectivity index (χ3v) is 9.94. The van der Waals surface area contributed by atoms with Gasteiger partial charge in [-0.15, -0.1) is 0 Å². The zero-order valence-corrected chi connectivity index (χ0v) is 24.2. The zero-order chi connectivity index (χ0) is 28.6.